The average Bonchev–Trinajstić information content (AvgIpc) is 2.84. The Morgan fingerprint density at radius 2 is 2.06 bits per heavy atom. The van der Waals surface area contributed by atoms with Crippen molar-refractivity contribution in [1.29, 1.82) is 0 Å². The molecule has 2 rings (SSSR count). The average molecular weight is 301 g/mol. The lowest BCUT2D eigenvalue weighted by Gasteiger charge is -2.12. The van der Waals surface area contributed by atoms with Gasteiger partial charge >= 0.3 is 0 Å². The summed E-state index contributed by atoms with van der Waals surface area (Å²) in [6.07, 6.45) is 4.05. The van der Waals surface area contributed by atoms with Gasteiger partial charge in [-0.05, 0) is 34.8 Å². The number of hydrogen-bond acceptors (Lipinski definition) is 2. The first-order valence-corrected chi connectivity index (χ1v) is 6.50. The van der Waals surface area contributed by atoms with Crippen LogP contribution in [0, 0.1) is 11.7 Å². The molecular weight excluding hydrogens is 287 g/mol. The number of ether oxygens (including phenoxy) is 1. The molecule has 1 aliphatic carbocycles. The van der Waals surface area contributed by atoms with Gasteiger partial charge in [-0.15, -0.1) is 0 Å². The van der Waals surface area contributed by atoms with E-state index in [0.29, 0.717) is 15.8 Å². The third-order valence-corrected chi connectivity index (χ3v) is 3.84. The number of hydrogen-bond donors (Lipinski definition) is 0. The smallest absolute Gasteiger partial charge is 0.169 e. The number of benzene rings is 1. The molecule has 1 aromatic carbocycles. The second kappa shape index (κ2) is 5.17. The van der Waals surface area contributed by atoms with Gasteiger partial charge in [0.1, 0.15) is 11.6 Å². The number of halogens is 2. The Labute approximate surface area is 108 Å². The summed E-state index contributed by atoms with van der Waals surface area (Å²) >= 11 is 3.10. The van der Waals surface area contributed by atoms with Crippen LogP contribution in [0.5, 0.6) is 5.75 Å². The van der Waals surface area contributed by atoms with E-state index >= 15 is 0 Å². The van der Waals surface area contributed by atoms with Crippen molar-refractivity contribution in [1.82, 2.24) is 0 Å². The summed E-state index contributed by atoms with van der Waals surface area (Å²) in [6.45, 7) is 0. The van der Waals surface area contributed by atoms with Crippen molar-refractivity contribution < 1.29 is 13.9 Å². The van der Waals surface area contributed by atoms with Gasteiger partial charge in [0.2, 0.25) is 0 Å². The minimum absolute atomic E-state index is 0.0695. The molecule has 17 heavy (non-hydrogen) atoms. The molecule has 0 bridgehead atoms. The SMILES string of the molecule is COc1cc(F)c(Br)cc1C(=O)C1CCCC1. The molecule has 0 aromatic heterocycles. The quantitative estimate of drug-likeness (QED) is 0.790. The number of Topliss-reactive ketones (excluding diaryl/α,β-unsaturated/α-hetero) is 1. The molecule has 92 valence electrons. The van der Waals surface area contributed by atoms with Crippen molar-refractivity contribution in [2.45, 2.75) is 25.7 Å². The molecule has 0 saturated heterocycles. The maximum Gasteiger partial charge on any atom is 0.169 e. The predicted octanol–water partition coefficient (Wildman–Crippen LogP) is 3.97. The first-order chi connectivity index (χ1) is 8.13. The normalized spacial score (nSPS) is 16.2. The second-order valence-electron chi connectivity index (χ2n) is 4.31. The Hall–Kier alpha value is -0.900. The highest BCUT2D eigenvalue weighted by Gasteiger charge is 2.26. The van der Waals surface area contributed by atoms with Gasteiger partial charge in [0.05, 0.1) is 17.1 Å². The molecule has 1 fully saturated rings. The van der Waals surface area contributed by atoms with Gasteiger partial charge in [-0.1, -0.05) is 12.8 Å². The van der Waals surface area contributed by atoms with Crippen molar-refractivity contribution in [3.63, 3.8) is 0 Å². The second-order valence-corrected chi connectivity index (χ2v) is 5.17. The third-order valence-electron chi connectivity index (χ3n) is 3.23. The lowest BCUT2D eigenvalue weighted by atomic mass is 9.95. The van der Waals surface area contributed by atoms with Crippen LogP contribution in [0.4, 0.5) is 4.39 Å². The van der Waals surface area contributed by atoms with Crippen molar-refractivity contribution >= 4 is 21.7 Å². The summed E-state index contributed by atoms with van der Waals surface area (Å²) in [6, 6.07) is 2.78. The summed E-state index contributed by atoms with van der Waals surface area (Å²) < 4.78 is 18.7. The summed E-state index contributed by atoms with van der Waals surface area (Å²) in [5.41, 5.74) is 0.479. The fourth-order valence-corrected chi connectivity index (χ4v) is 2.64. The zero-order chi connectivity index (χ0) is 12.4. The Balaban J connectivity index is 2.36. The standard InChI is InChI=1S/C13H14BrFO2/c1-17-12-7-11(15)10(14)6-9(12)13(16)8-4-2-3-5-8/h6-8H,2-5H2,1H3. The fraction of sp³-hybridized carbons (Fsp3) is 0.462. The van der Waals surface area contributed by atoms with Gasteiger partial charge < -0.3 is 4.74 Å². The molecule has 0 aliphatic heterocycles. The Bertz CT molecular complexity index is 439. The van der Waals surface area contributed by atoms with Crippen LogP contribution in [0.2, 0.25) is 0 Å². The van der Waals surface area contributed by atoms with E-state index in [1.165, 1.54) is 19.2 Å². The highest BCUT2D eigenvalue weighted by molar-refractivity contribution is 9.10. The lowest BCUT2D eigenvalue weighted by Crippen LogP contribution is -2.12. The van der Waals surface area contributed by atoms with Crippen molar-refractivity contribution in [3.05, 3.63) is 28.0 Å². The van der Waals surface area contributed by atoms with Gasteiger partial charge in [0.15, 0.2) is 5.78 Å². The first kappa shape index (κ1) is 12.6. The molecule has 0 N–H and O–H groups in total. The van der Waals surface area contributed by atoms with E-state index in [4.69, 9.17) is 4.74 Å². The highest BCUT2D eigenvalue weighted by Crippen LogP contribution is 2.33. The van der Waals surface area contributed by atoms with Crippen molar-refractivity contribution in [2.24, 2.45) is 5.92 Å². The number of carbonyl (C=O) groups excluding carboxylic acids is 1. The van der Waals surface area contributed by atoms with E-state index in [9.17, 15) is 9.18 Å². The van der Waals surface area contributed by atoms with Crippen LogP contribution in [-0.4, -0.2) is 12.9 Å². The van der Waals surface area contributed by atoms with E-state index in [1.54, 1.807) is 0 Å². The van der Waals surface area contributed by atoms with Gasteiger partial charge in [0, 0.05) is 12.0 Å². The summed E-state index contributed by atoms with van der Waals surface area (Å²) in [4.78, 5) is 12.3. The number of rotatable bonds is 3. The Morgan fingerprint density at radius 1 is 1.41 bits per heavy atom. The van der Waals surface area contributed by atoms with Crippen molar-refractivity contribution in [3.8, 4) is 5.75 Å². The molecule has 0 amide bonds. The molecule has 1 saturated carbocycles. The molecule has 0 spiro atoms. The fourth-order valence-electron chi connectivity index (χ4n) is 2.30. The molecular formula is C13H14BrFO2. The lowest BCUT2D eigenvalue weighted by molar-refractivity contribution is 0.0919. The monoisotopic (exact) mass is 300 g/mol. The Morgan fingerprint density at radius 3 is 2.65 bits per heavy atom. The molecule has 1 aliphatic rings. The first-order valence-electron chi connectivity index (χ1n) is 5.70. The van der Waals surface area contributed by atoms with Crippen LogP contribution < -0.4 is 4.74 Å². The van der Waals surface area contributed by atoms with E-state index in [2.05, 4.69) is 15.9 Å². The van der Waals surface area contributed by atoms with Crippen LogP contribution in [0.3, 0.4) is 0 Å². The molecule has 0 radical (unpaired) electrons. The summed E-state index contributed by atoms with van der Waals surface area (Å²) in [7, 11) is 1.45. The summed E-state index contributed by atoms with van der Waals surface area (Å²) in [5, 5.41) is 0. The zero-order valence-corrected chi connectivity index (χ0v) is 11.2. The molecule has 2 nitrogen and oxygen atoms in total. The van der Waals surface area contributed by atoms with Crippen LogP contribution in [0.1, 0.15) is 36.0 Å². The number of carbonyl (C=O) groups is 1. The topological polar surface area (TPSA) is 26.3 Å². The molecule has 0 atom stereocenters. The number of ketones is 1. The van der Waals surface area contributed by atoms with E-state index < -0.39 is 5.82 Å². The van der Waals surface area contributed by atoms with Gasteiger partial charge in [-0.3, -0.25) is 4.79 Å². The molecule has 0 heterocycles. The van der Waals surface area contributed by atoms with Gasteiger partial charge in [0.25, 0.3) is 0 Å². The van der Waals surface area contributed by atoms with E-state index in [1.807, 2.05) is 0 Å². The van der Waals surface area contributed by atoms with Crippen molar-refractivity contribution in [2.75, 3.05) is 7.11 Å². The largest absolute Gasteiger partial charge is 0.496 e. The Kier molecular flexibility index (Phi) is 3.82. The molecule has 1 aromatic rings. The van der Waals surface area contributed by atoms with Crippen LogP contribution in [0.25, 0.3) is 0 Å². The maximum absolute atomic E-state index is 13.3. The molecule has 0 unspecified atom stereocenters. The zero-order valence-electron chi connectivity index (χ0n) is 9.63. The van der Waals surface area contributed by atoms with Crippen LogP contribution in [-0.2, 0) is 0 Å². The minimum atomic E-state index is -0.412. The van der Waals surface area contributed by atoms with Crippen LogP contribution in [0.15, 0.2) is 16.6 Å². The summed E-state index contributed by atoms with van der Waals surface area (Å²) in [5.74, 6) is 0.0498. The highest BCUT2D eigenvalue weighted by atomic mass is 79.9. The van der Waals surface area contributed by atoms with E-state index in [-0.39, 0.29) is 11.7 Å². The van der Waals surface area contributed by atoms with E-state index in [0.717, 1.165) is 25.7 Å². The van der Waals surface area contributed by atoms with Gasteiger partial charge in [-0.2, -0.15) is 0 Å². The molecule has 4 heteroatoms. The number of methoxy groups -OCH3 is 1. The maximum atomic E-state index is 13.3. The minimum Gasteiger partial charge on any atom is -0.496 e. The van der Waals surface area contributed by atoms with Crippen LogP contribution >= 0.6 is 15.9 Å². The predicted molar refractivity (Wildman–Crippen MR) is 66.9 cm³/mol. The van der Waals surface area contributed by atoms with Gasteiger partial charge in [-0.25, -0.2) is 4.39 Å². The third kappa shape index (κ3) is 2.51.